The number of imidazole rings is 1. The molecule has 0 radical (unpaired) electrons. The van der Waals surface area contributed by atoms with Crippen LogP contribution in [0.1, 0.15) is 18.5 Å². The summed E-state index contributed by atoms with van der Waals surface area (Å²) in [5.74, 6) is -0.346. The summed E-state index contributed by atoms with van der Waals surface area (Å²) in [4.78, 5) is 16.8. The van der Waals surface area contributed by atoms with Gasteiger partial charge in [-0.3, -0.25) is 4.79 Å². The van der Waals surface area contributed by atoms with E-state index in [2.05, 4.69) is 10.3 Å². The van der Waals surface area contributed by atoms with Crippen molar-refractivity contribution in [1.29, 1.82) is 0 Å². The van der Waals surface area contributed by atoms with Gasteiger partial charge in [0, 0.05) is 38.4 Å². The zero-order chi connectivity index (χ0) is 17.2. The number of nitrogens with one attached hydrogen (secondary N) is 1. The molecular formula is C16H22N4O3S. The zero-order valence-corrected chi connectivity index (χ0v) is 14.5. The summed E-state index contributed by atoms with van der Waals surface area (Å²) in [5, 5.41) is 2.91. The molecule has 1 atom stereocenters. The molecule has 2 aromatic rings. The maximum absolute atomic E-state index is 12.3. The lowest BCUT2D eigenvalue weighted by Crippen LogP contribution is -2.45. The third-order valence-corrected chi connectivity index (χ3v) is 5.59. The average molecular weight is 350 g/mol. The van der Waals surface area contributed by atoms with Crippen molar-refractivity contribution in [2.45, 2.75) is 19.3 Å². The Morgan fingerprint density at radius 2 is 2.25 bits per heavy atom. The van der Waals surface area contributed by atoms with Crippen LogP contribution in [-0.4, -0.2) is 53.9 Å². The number of hydrogen-bond donors (Lipinski definition) is 1. The summed E-state index contributed by atoms with van der Waals surface area (Å²) in [6.07, 6.45) is 7.18. The van der Waals surface area contributed by atoms with Crippen molar-refractivity contribution in [2.75, 3.05) is 25.9 Å². The van der Waals surface area contributed by atoms with Crippen molar-refractivity contribution in [2.24, 2.45) is 5.92 Å². The molecule has 1 unspecified atom stereocenters. The summed E-state index contributed by atoms with van der Waals surface area (Å²) in [7, 11) is -3.23. The molecule has 0 spiro atoms. The van der Waals surface area contributed by atoms with Gasteiger partial charge >= 0.3 is 0 Å². The van der Waals surface area contributed by atoms with Crippen molar-refractivity contribution in [3.63, 3.8) is 0 Å². The molecule has 130 valence electrons. The number of nitrogens with zero attached hydrogens (tertiary/aromatic N) is 3. The Balaban J connectivity index is 1.52. The fraction of sp³-hybridized carbons (Fsp3) is 0.500. The topological polar surface area (TPSA) is 83.8 Å². The number of fused-ring (bicyclic) bond motifs is 1. The molecule has 24 heavy (non-hydrogen) atoms. The Bertz CT molecular complexity index is 798. The van der Waals surface area contributed by atoms with Crippen LogP contribution in [0.5, 0.6) is 0 Å². The van der Waals surface area contributed by atoms with Crippen LogP contribution in [0.3, 0.4) is 0 Å². The molecule has 1 aliphatic rings. The first-order valence-electron chi connectivity index (χ1n) is 8.09. The second-order valence-corrected chi connectivity index (χ2v) is 8.18. The van der Waals surface area contributed by atoms with Gasteiger partial charge in [-0.25, -0.2) is 17.7 Å². The second-order valence-electron chi connectivity index (χ2n) is 6.20. The van der Waals surface area contributed by atoms with Crippen LogP contribution < -0.4 is 5.32 Å². The van der Waals surface area contributed by atoms with Gasteiger partial charge in [0.1, 0.15) is 5.65 Å². The SMILES string of the molecule is CS(=O)(=O)N1CCCC(C(=O)NCCc2cn3ccccc3n2)C1. The van der Waals surface area contributed by atoms with E-state index in [1.807, 2.05) is 35.0 Å². The number of carbonyl (C=O) groups excluding carboxylic acids is 1. The molecule has 3 rings (SSSR count). The zero-order valence-electron chi connectivity index (χ0n) is 13.7. The Morgan fingerprint density at radius 1 is 1.42 bits per heavy atom. The third kappa shape index (κ3) is 3.93. The van der Waals surface area contributed by atoms with E-state index in [9.17, 15) is 13.2 Å². The number of rotatable bonds is 5. The van der Waals surface area contributed by atoms with Crippen LogP contribution in [0.2, 0.25) is 0 Å². The normalized spacial score (nSPS) is 19.5. The fourth-order valence-corrected chi connectivity index (χ4v) is 3.93. The van der Waals surface area contributed by atoms with Crippen molar-refractivity contribution in [1.82, 2.24) is 19.0 Å². The van der Waals surface area contributed by atoms with Crippen LogP contribution in [0.25, 0.3) is 5.65 Å². The lowest BCUT2D eigenvalue weighted by Gasteiger charge is -2.30. The highest BCUT2D eigenvalue weighted by Gasteiger charge is 2.29. The number of pyridine rings is 1. The van der Waals surface area contributed by atoms with Crippen LogP contribution in [0.15, 0.2) is 30.6 Å². The first-order chi connectivity index (χ1) is 11.4. The average Bonchev–Trinajstić information content (AvgIpc) is 2.97. The highest BCUT2D eigenvalue weighted by molar-refractivity contribution is 7.88. The predicted molar refractivity (Wildman–Crippen MR) is 91.0 cm³/mol. The highest BCUT2D eigenvalue weighted by atomic mass is 32.2. The summed E-state index contributed by atoms with van der Waals surface area (Å²) in [6, 6.07) is 5.81. The van der Waals surface area contributed by atoms with Crippen molar-refractivity contribution >= 4 is 21.6 Å². The molecule has 1 N–H and O–H groups in total. The van der Waals surface area contributed by atoms with Gasteiger partial charge in [-0.15, -0.1) is 0 Å². The van der Waals surface area contributed by atoms with E-state index >= 15 is 0 Å². The first kappa shape index (κ1) is 16.9. The number of carbonyl (C=O) groups is 1. The molecule has 2 aromatic heterocycles. The minimum Gasteiger partial charge on any atom is -0.355 e. The van der Waals surface area contributed by atoms with Crippen molar-refractivity contribution in [3.8, 4) is 0 Å². The molecule has 1 saturated heterocycles. The van der Waals surface area contributed by atoms with E-state index in [0.29, 0.717) is 19.5 Å². The monoisotopic (exact) mass is 350 g/mol. The Morgan fingerprint density at radius 3 is 3.00 bits per heavy atom. The third-order valence-electron chi connectivity index (χ3n) is 4.32. The highest BCUT2D eigenvalue weighted by Crippen LogP contribution is 2.18. The number of piperidine rings is 1. The van der Waals surface area contributed by atoms with E-state index in [4.69, 9.17) is 0 Å². The summed E-state index contributed by atoms with van der Waals surface area (Å²) in [5.41, 5.74) is 1.80. The predicted octanol–water partition coefficient (Wildman–Crippen LogP) is 0.665. The summed E-state index contributed by atoms with van der Waals surface area (Å²) >= 11 is 0. The van der Waals surface area contributed by atoms with E-state index < -0.39 is 10.0 Å². The van der Waals surface area contributed by atoms with Gasteiger partial charge in [-0.1, -0.05) is 6.07 Å². The lowest BCUT2D eigenvalue weighted by atomic mass is 9.99. The van der Waals surface area contributed by atoms with Crippen LogP contribution in [0.4, 0.5) is 0 Å². The van der Waals surface area contributed by atoms with Gasteiger partial charge in [0.2, 0.25) is 15.9 Å². The van der Waals surface area contributed by atoms with Crippen molar-refractivity contribution < 1.29 is 13.2 Å². The molecule has 0 saturated carbocycles. The number of aromatic nitrogens is 2. The van der Waals surface area contributed by atoms with Gasteiger partial charge in [0.05, 0.1) is 17.9 Å². The van der Waals surface area contributed by atoms with E-state index in [0.717, 1.165) is 24.2 Å². The fourth-order valence-electron chi connectivity index (χ4n) is 3.02. The van der Waals surface area contributed by atoms with Crippen LogP contribution in [0, 0.1) is 5.92 Å². The molecule has 3 heterocycles. The van der Waals surface area contributed by atoms with Gasteiger partial charge in [0.15, 0.2) is 0 Å². The Labute approximate surface area is 141 Å². The van der Waals surface area contributed by atoms with Gasteiger partial charge < -0.3 is 9.72 Å². The van der Waals surface area contributed by atoms with Gasteiger partial charge in [-0.2, -0.15) is 0 Å². The maximum Gasteiger partial charge on any atom is 0.224 e. The number of hydrogen-bond acceptors (Lipinski definition) is 4. The minimum absolute atomic E-state index is 0.0767. The van der Waals surface area contributed by atoms with E-state index in [-0.39, 0.29) is 18.4 Å². The Hall–Kier alpha value is -1.93. The summed E-state index contributed by atoms with van der Waals surface area (Å²) < 4.78 is 26.6. The molecular weight excluding hydrogens is 328 g/mol. The second kappa shape index (κ2) is 6.90. The quantitative estimate of drug-likeness (QED) is 0.859. The first-order valence-corrected chi connectivity index (χ1v) is 9.94. The standard InChI is InChI=1S/C16H22N4O3S/c1-24(22,23)20-10-4-5-13(11-20)16(21)17-8-7-14-12-19-9-3-2-6-15(19)18-14/h2-3,6,9,12-13H,4-5,7-8,10-11H2,1H3,(H,17,21). The summed E-state index contributed by atoms with van der Waals surface area (Å²) in [6.45, 7) is 1.28. The lowest BCUT2D eigenvalue weighted by molar-refractivity contribution is -0.126. The molecule has 0 bridgehead atoms. The molecule has 1 amide bonds. The molecule has 8 heteroatoms. The maximum atomic E-state index is 12.3. The molecule has 0 aromatic carbocycles. The minimum atomic E-state index is -3.23. The van der Waals surface area contributed by atoms with Gasteiger partial charge in [0.25, 0.3) is 0 Å². The molecule has 1 fully saturated rings. The van der Waals surface area contributed by atoms with E-state index in [1.165, 1.54) is 10.6 Å². The van der Waals surface area contributed by atoms with E-state index in [1.54, 1.807) is 0 Å². The Kier molecular flexibility index (Phi) is 4.86. The number of amides is 1. The van der Waals surface area contributed by atoms with Crippen LogP contribution >= 0.6 is 0 Å². The van der Waals surface area contributed by atoms with Crippen LogP contribution in [-0.2, 0) is 21.2 Å². The number of sulfonamides is 1. The smallest absolute Gasteiger partial charge is 0.224 e. The molecule has 1 aliphatic heterocycles. The molecule has 7 nitrogen and oxygen atoms in total. The largest absolute Gasteiger partial charge is 0.355 e. The molecule has 0 aliphatic carbocycles. The van der Waals surface area contributed by atoms with Crippen molar-refractivity contribution in [3.05, 3.63) is 36.3 Å². The van der Waals surface area contributed by atoms with Gasteiger partial charge in [-0.05, 0) is 25.0 Å².